The van der Waals surface area contributed by atoms with Crippen molar-refractivity contribution in [3.63, 3.8) is 0 Å². The summed E-state index contributed by atoms with van der Waals surface area (Å²) in [4.78, 5) is 11.6. The molecule has 0 heterocycles. The number of aliphatic hydroxyl groups excluding tert-OH is 1. The van der Waals surface area contributed by atoms with E-state index in [1.54, 1.807) is 24.3 Å². The summed E-state index contributed by atoms with van der Waals surface area (Å²) >= 11 is 0. The maximum atomic E-state index is 11.6. The molecular weight excluding hydrogens is 254 g/mol. The summed E-state index contributed by atoms with van der Waals surface area (Å²) in [6.07, 6.45) is 0.482. The first-order valence-electron chi connectivity index (χ1n) is 6.70. The highest BCUT2D eigenvalue weighted by molar-refractivity contribution is 5.89. The summed E-state index contributed by atoms with van der Waals surface area (Å²) in [5.74, 6) is 0.391. The average molecular weight is 275 g/mol. The van der Waals surface area contributed by atoms with Gasteiger partial charge in [0.25, 0.3) is 0 Å². The highest BCUT2D eigenvalue weighted by atomic mass is 16.3. The summed E-state index contributed by atoms with van der Waals surface area (Å²) in [5.41, 5.74) is 1.56. The van der Waals surface area contributed by atoms with Crippen LogP contribution in [0.25, 0.3) is 0 Å². The molecule has 0 aromatic heterocycles. The van der Waals surface area contributed by atoms with E-state index in [2.05, 4.69) is 16.7 Å². The van der Waals surface area contributed by atoms with Gasteiger partial charge in [0.2, 0.25) is 0 Å². The van der Waals surface area contributed by atoms with E-state index in [-0.39, 0.29) is 12.6 Å². The Bertz CT molecular complexity index is 463. The van der Waals surface area contributed by atoms with E-state index in [0.29, 0.717) is 24.4 Å². The zero-order valence-corrected chi connectivity index (χ0v) is 11.9. The monoisotopic (exact) mass is 275 g/mol. The second kappa shape index (κ2) is 8.18. The zero-order valence-electron chi connectivity index (χ0n) is 11.9. The Morgan fingerprint density at radius 1 is 1.35 bits per heavy atom. The van der Waals surface area contributed by atoms with Crippen LogP contribution in [0.3, 0.4) is 0 Å². The fourth-order valence-electron chi connectivity index (χ4n) is 1.81. The van der Waals surface area contributed by atoms with Gasteiger partial charge in [-0.3, -0.25) is 0 Å². The van der Waals surface area contributed by atoms with E-state index >= 15 is 0 Å². The lowest BCUT2D eigenvalue weighted by Crippen LogP contribution is -2.35. The molecule has 108 valence electrons. The molecule has 5 heteroatoms. The number of nitrogens with zero attached hydrogens (tertiary/aromatic N) is 1. The molecule has 2 amide bonds. The molecule has 1 rings (SSSR count). The fraction of sp³-hybridized carbons (Fsp3) is 0.467. The third-order valence-electron chi connectivity index (χ3n) is 2.74. The molecule has 1 atom stereocenters. The van der Waals surface area contributed by atoms with Crippen molar-refractivity contribution in [3.8, 4) is 6.07 Å². The minimum absolute atomic E-state index is 0.233. The SMILES string of the molecule is CC(C)CC(O)CNC(=O)Nc1ccc(CC#N)cc1. The molecule has 1 unspecified atom stereocenters. The lowest BCUT2D eigenvalue weighted by Gasteiger charge is -2.14. The van der Waals surface area contributed by atoms with Crippen molar-refractivity contribution < 1.29 is 9.90 Å². The fourth-order valence-corrected chi connectivity index (χ4v) is 1.81. The second-order valence-electron chi connectivity index (χ2n) is 5.15. The molecule has 0 radical (unpaired) electrons. The third-order valence-corrected chi connectivity index (χ3v) is 2.74. The molecule has 20 heavy (non-hydrogen) atoms. The van der Waals surface area contributed by atoms with Crippen LogP contribution < -0.4 is 10.6 Å². The van der Waals surface area contributed by atoms with Crippen LogP contribution in [-0.2, 0) is 6.42 Å². The number of anilines is 1. The average Bonchev–Trinajstić information content (AvgIpc) is 2.38. The molecule has 3 N–H and O–H groups in total. The molecule has 0 saturated heterocycles. The Hall–Kier alpha value is -2.06. The number of hydrogen-bond donors (Lipinski definition) is 3. The van der Waals surface area contributed by atoms with Crippen molar-refractivity contribution in [2.24, 2.45) is 5.92 Å². The van der Waals surface area contributed by atoms with Gasteiger partial charge in [0, 0.05) is 12.2 Å². The standard InChI is InChI=1S/C15H21N3O2/c1-11(2)9-14(19)10-17-15(20)18-13-5-3-12(4-6-13)7-8-16/h3-6,11,14,19H,7,9-10H2,1-2H3,(H2,17,18,20). The van der Waals surface area contributed by atoms with E-state index in [4.69, 9.17) is 5.26 Å². The number of hydrogen-bond acceptors (Lipinski definition) is 3. The number of urea groups is 1. The van der Waals surface area contributed by atoms with Crippen LogP contribution in [0.4, 0.5) is 10.5 Å². The van der Waals surface area contributed by atoms with Crippen LogP contribution in [0.2, 0.25) is 0 Å². The molecule has 1 aromatic carbocycles. The first-order valence-corrected chi connectivity index (χ1v) is 6.70. The Kier molecular flexibility index (Phi) is 6.54. The Morgan fingerprint density at radius 3 is 2.55 bits per heavy atom. The predicted molar refractivity (Wildman–Crippen MR) is 78.2 cm³/mol. The first-order chi connectivity index (χ1) is 9.51. The van der Waals surface area contributed by atoms with Gasteiger partial charge in [0.05, 0.1) is 18.6 Å². The lowest BCUT2D eigenvalue weighted by molar-refractivity contribution is 0.148. The van der Waals surface area contributed by atoms with Crippen molar-refractivity contribution in [1.82, 2.24) is 5.32 Å². The van der Waals surface area contributed by atoms with E-state index in [1.807, 2.05) is 13.8 Å². The predicted octanol–water partition coefficient (Wildman–Crippen LogP) is 2.28. The summed E-state index contributed by atoms with van der Waals surface area (Å²) in [7, 11) is 0. The number of rotatable bonds is 6. The molecule has 0 fully saturated rings. The van der Waals surface area contributed by atoms with Crippen LogP contribution in [0.1, 0.15) is 25.8 Å². The molecule has 0 aliphatic carbocycles. The third kappa shape index (κ3) is 6.21. The molecule has 1 aromatic rings. The molecule has 0 aliphatic rings. The molecule has 0 saturated carbocycles. The Balaban J connectivity index is 2.37. The minimum atomic E-state index is -0.529. The van der Waals surface area contributed by atoms with Crippen molar-refractivity contribution in [2.45, 2.75) is 32.8 Å². The van der Waals surface area contributed by atoms with Gasteiger partial charge < -0.3 is 15.7 Å². The number of carbonyl (C=O) groups excluding carboxylic acids is 1. The van der Waals surface area contributed by atoms with Crippen LogP contribution in [-0.4, -0.2) is 23.8 Å². The summed E-state index contributed by atoms with van der Waals surface area (Å²) in [5, 5.41) is 23.5. The van der Waals surface area contributed by atoms with E-state index < -0.39 is 6.10 Å². The normalized spacial score (nSPS) is 11.8. The lowest BCUT2D eigenvalue weighted by atomic mass is 10.1. The largest absolute Gasteiger partial charge is 0.391 e. The van der Waals surface area contributed by atoms with Gasteiger partial charge in [-0.1, -0.05) is 26.0 Å². The molecule has 5 nitrogen and oxygen atoms in total. The zero-order chi connectivity index (χ0) is 15.0. The topological polar surface area (TPSA) is 85.2 Å². The quantitative estimate of drug-likeness (QED) is 0.744. The van der Waals surface area contributed by atoms with E-state index in [9.17, 15) is 9.90 Å². The van der Waals surface area contributed by atoms with Gasteiger partial charge in [0.1, 0.15) is 0 Å². The van der Waals surface area contributed by atoms with Crippen LogP contribution in [0, 0.1) is 17.2 Å². The highest BCUT2D eigenvalue weighted by Gasteiger charge is 2.09. The Morgan fingerprint density at radius 2 is 2.00 bits per heavy atom. The summed E-state index contributed by atoms with van der Waals surface area (Å²) < 4.78 is 0. The van der Waals surface area contributed by atoms with E-state index in [0.717, 1.165) is 5.56 Å². The van der Waals surface area contributed by atoms with Crippen molar-refractivity contribution in [2.75, 3.05) is 11.9 Å². The second-order valence-corrected chi connectivity index (χ2v) is 5.15. The smallest absolute Gasteiger partial charge is 0.319 e. The maximum Gasteiger partial charge on any atom is 0.319 e. The van der Waals surface area contributed by atoms with Crippen molar-refractivity contribution in [1.29, 1.82) is 5.26 Å². The van der Waals surface area contributed by atoms with E-state index in [1.165, 1.54) is 0 Å². The van der Waals surface area contributed by atoms with Gasteiger partial charge in [-0.05, 0) is 30.0 Å². The molecular formula is C15H21N3O2. The summed E-state index contributed by atoms with van der Waals surface area (Å²) in [6.45, 7) is 4.27. The van der Waals surface area contributed by atoms with Crippen molar-refractivity contribution in [3.05, 3.63) is 29.8 Å². The van der Waals surface area contributed by atoms with Gasteiger partial charge in [-0.2, -0.15) is 5.26 Å². The number of nitriles is 1. The van der Waals surface area contributed by atoms with Gasteiger partial charge in [0.15, 0.2) is 0 Å². The van der Waals surface area contributed by atoms with Gasteiger partial charge >= 0.3 is 6.03 Å². The first kappa shape index (κ1) is 16.0. The minimum Gasteiger partial charge on any atom is -0.391 e. The maximum absolute atomic E-state index is 11.6. The number of nitrogens with one attached hydrogen (secondary N) is 2. The highest BCUT2D eigenvalue weighted by Crippen LogP contribution is 2.09. The summed E-state index contributed by atoms with van der Waals surface area (Å²) in [6, 6.07) is 8.81. The van der Waals surface area contributed by atoms with Crippen molar-refractivity contribution >= 4 is 11.7 Å². The van der Waals surface area contributed by atoms with Crippen LogP contribution in [0.15, 0.2) is 24.3 Å². The van der Waals surface area contributed by atoms with Gasteiger partial charge in [-0.25, -0.2) is 4.79 Å². The van der Waals surface area contributed by atoms with Crippen LogP contribution in [0.5, 0.6) is 0 Å². The number of carbonyl (C=O) groups is 1. The molecule has 0 spiro atoms. The number of aliphatic hydroxyl groups is 1. The molecule has 0 aliphatic heterocycles. The van der Waals surface area contributed by atoms with Crippen LogP contribution >= 0.6 is 0 Å². The van der Waals surface area contributed by atoms with Gasteiger partial charge in [-0.15, -0.1) is 0 Å². The molecule has 0 bridgehead atoms. The number of amides is 2. The number of benzene rings is 1. The Labute approximate surface area is 119 Å².